The van der Waals surface area contributed by atoms with Crippen molar-refractivity contribution in [2.24, 2.45) is 5.92 Å². The second kappa shape index (κ2) is 4.92. The van der Waals surface area contributed by atoms with E-state index >= 15 is 0 Å². The standard InChI is InChI=1S/C9H17N3O2S/c1-3-12(7-8(2)6-10)15(13,14)11-9-4-5-9/h8-9,11H,3-5,7H2,1-2H3. The molecule has 1 unspecified atom stereocenters. The third-order valence-corrected chi connectivity index (χ3v) is 4.00. The van der Waals surface area contributed by atoms with Gasteiger partial charge in [-0.2, -0.15) is 22.7 Å². The molecule has 0 spiro atoms. The highest BCUT2D eigenvalue weighted by molar-refractivity contribution is 7.87. The second-order valence-electron chi connectivity index (χ2n) is 3.88. The molecule has 0 amide bonds. The molecule has 1 saturated carbocycles. The molecule has 1 aliphatic rings. The zero-order chi connectivity index (χ0) is 11.5. The summed E-state index contributed by atoms with van der Waals surface area (Å²) >= 11 is 0. The van der Waals surface area contributed by atoms with Crippen LogP contribution in [0.3, 0.4) is 0 Å². The van der Waals surface area contributed by atoms with Crippen molar-refractivity contribution in [1.29, 1.82) is 5.26 Å². The van der Waals surface area contributed by atoms with Crippen LogP contribution in [-0.4, -0.2) is 31.9 Å². The Balaban J connectivity index is 2.59. The van der Waals surface area contributed by atoms with Gasteiger partial charge in [-0.15, -0.1) is 0 Å². The molecule has 0 aromatic carbocycles. The number of nitriles is 1. The second-order valence-corrected chi connectivity index (χ2v) is 5.58. The van der Waals surface area contributed by atoms with Crippen molar-refractivity contribution >= 4 is 10.2 Å². The molecule has 5 nitrogen and oxygen atoms in total. The van der Waals surface area contributed by atoms with Gasteiger partial charge in [-0.1, -0.05) is 6.92 Å². The van der Waals surface area contributed by atoms with Gasteiger partial charge in [0.1, 0.15) is 0 Å². The van der Waals surface area contributed by atoms with E-state index in [9.17, 15) is 8.42 Å². The van der Waals surface area contributed by atoms with Crippen molar-refractivity contribution in [3.8, 4) is 6.07 Å². The number of rotatable bonds is 6. The molecule has 0 saturated heterocycles. The Morgan fingerprint density at radius 3 is 2.60 bits per heavy atom. The third kappa shape index (κ3) is 3.78. The fourth-order valence-corrected chi connectivity index (χ4v) is 2.80. The van der Waals surface area contributed by atoms with Crippen LogP contribution in [-0.2, 0) is 10.2 Å². The predicted octanol–water partition coefficient (Wildman–Crippen LogP) is 0.465. The zero-order valence-electron chi connectivity index (χ0n) is 9.10. The van der Waals surface area contributed by atoms with Crippen molar-refractivity contribution in [1.82, 2.24) is 9.03 Å². The van der Waals surface area contributed by atoms with E-state index in [4.69, 9.17) is 5.26 Å². The summed E-state index contributed by atoms with van der Waals surface area (Å²) in [5.41, 5.74) is 0. The molecule has 0 aliphatic heterocycles. The van der Waals surface area contributed by atoms with Crippen LogP contribution >= 0.6 is 0 Å². The van der Waals surface area contributed by atoms with Crippen molar-refractivity contribution < 1.29 is 8.42 Å². The molecule has 0 aromatic rings. The minimum atomic E-state index is -3.38. The summed E-state index contributed by atoms with van der Waals surface area (Å²) in [5, 5.41) is 8.65. The normalized spacial score (nSPS) is 18.8. The Morgan fingerprint density at radius 2 is 2.20 bits per heavy atom. The zero-order valence-corrected chi connectivity index (χ0v) is 9.92. The van der Waals surface area contributed by atoms with Gasteiger partial charge in [0, 0.05) is 19.1 Å². The fraction of sp³-hybridized carbons (Fsp3) is 0.889. The molecule has 1 rings (SSSR count). The monoisotopic (exact) mass is 231 g/mol. The molecule has 0 aromatic heterocycles. The molecule has 1 fully saturated rings. The van der Waals surface area contributed by atoms with Gasteiger partial charge < -0.3 is 0 Å². The Hall–Kier alpha value is -0.640. The highest BCUT2D eigenvalue weighted by Crippen LogP contribution is 2.20. The van der Waals surface area contributed by atoms with Crippen molar-refractivity contribution in [2.75, 3.05) is 13.1 Å². The molecule has 0 bridgehead atoms. The minimum absolute atomic E-state index is 0.112. The van der Waals surface area contributed by atoms with E-state index in [0.29, 0.717) is 6.54 Å². The SMILES string of the molecule is CCN(CC(C)C#N)S(=O)(=O)NC1CC1. The Kier molecular flexibility index (Phi) is 4.08. The van der Waals surface area contributed by atoms with E-state index < -0.39 is 10.2 Å². The summed E-state index contributed by atoms with van der Waals surface area (Å²) in [6.45, 7) is 4.15. The lowest BCUT2D eigenvalue weighted by Crippen LogP contribution is -2.43. The first-order chi connectivity index (χ1) is 6.99. The lowest BCUT2D eigenvalue weighted by atomic mass is 10.2. The van der Waals surface area contributed by atoms with Crippen LogP contribution in [0.15, 0.2) is 0 Å². The Morgan fingerprint density at radius 1 is 1.60 bits per heavy atom. The minimum Gasteiger partial charge on any atom is -0.199 e. The quantitative estimate of drug-likeness (QED) is 0.722. The van der Waals surface area contributed by atoms with Crippen LogP contribution in [0, 0.1) is 17.2 Å². The van der Waals surface area contributed by atoms with Gasteiger partial charge in [0.2, 0.25) is 0 Å². The van der Waals surface area contributed by atoms with Crippen LogP contribution in [0.4, 0.5) is 0 Å². The molecule has 1 aliphatic carbocycles. The fourth-order valence-electron chi connectivity index (χ4n) is 1.23. The van der Waals surface area contributed by atoms with Gasteiger partial charge in [-0.3, -0.25) is 0 Å². The number of hydrogen-bond acceptors (Lipinski definition) is 3. The summed E-state index contributed by atoms with van der Waals surface area (Å²) < 4.78 is 27.5. The molecular weight excluding hydrogens is 214 g/mol. The number of hydrogen-bond donors (Lipinski definition) is 1. The van der Waals surface area contributed by atoms with E-state index in [-0.39, 0.29) is 18.5 Å². The lowest BCUT2D eigenvalue weighted by Gasteiger charge is -2.21. The molecule has 0 radical (unpaired) electrons. The first kappa shape index (κ1) is 12.4. The number of nitrogens with zero attached hydrogens (tertiary/aromatic N) is 2. The highest BCUT2D eigenvalue weighted by atomic mass is 32.2. The van der Waals surface area contributed by atoms with Gasteiger partial charge >= 0.3 is 0 Å². The average molecular weight is 231 g/mol. The largest absolute Gasteiger partial charge is 0.279 e. The maximum Gasteiger partial charge on any atom is 0.279 e. The highest BCUT2D eigenvalue weighted by Gasteiger charge is 2.30. The molecule has 86 valence electrons. The first-order valence-electron chi connectivity index (χ1n) is 5.16. The lowest BCUT2D eigenvalue weighted by molar-refractivity contribution is 0.392. The molecule has 1 atom stereocenters. The van der Waals surface area contributed by atoms with Gasteiger partial charge in [-0.25, -0.2) is 0 Å². The first-order valence-corrected chi connectivity index (χ1v) is 6.60. The smallest absolute Gasteiger partial charge is 0.199 e. The van der Waals surface area contributed by atoms with Gasteiger partial charge in [0.15, 0.2) is 0 Å². The molecule has 6 heteroatoms. The van der Waals surface area contributed by atoms with Gasteiger partial charge in [0.25, 0.3) is 10.2 Å². The van der Waals surface area contributed by atoms with Crippen LogP contribution in [0.5, 0.6) is 0 Å². The van der Waals surface area contributed by atoms with Gasteiger partial charge in [0.05, 0.1) is 12.0 Å². The Bertz CT molecular complexity index is 343. The number of nitrogens with one attached hydrogen (secondary N) is 1. The molecule has 1 N–H and O–H groups in total. The maximum absolute atomic E-state index is 11.8. The van der Waals surface area contributed by atoms with Gasteiger partial charge in [-0.05, 0) is 19.8 Å². The van der Waals surface area contributed by atoms with Crippen LogP contribution in [0.1, 0.15) is 26.7 Å². The topological polar surface area (TPSA) is 73.2 Å². The Labute approximate surface area is 91.3 Å². The molecule has 0 heterocycles. The summed E-state index contributed by atoms with van der Waals surface area (Å²) in [4.78, 5) is 0. The van der Waals surface area contributed by atoms with E-state index in [1.54, 1.807) is 13.8 Å². The summed E-state index contributed by atoms with van der Waals surface area (Å²) in [6.07, 6.45) is 1.84. The van der Waals surface area contributed by atoms with E-state index in [1.165, 1.54) is 4.31 Å². The molecule has 15 heavy (non-hydrogen) atoms. The summed E-state index contributed by atoms with van der Waals surface area (Å²) in [6, 6.07) is 2.15. The molecular formula is C9H17N3O2S. The predicted molar refractivity (Wildman–Crippen MR) is 57.1 cm³/mol. The van der Waals surface area contributed by atoms with E-state index in [1.807, 2.05) is 6.07 Å². The van der Waals surface area contributed by atoms with Crippen molar-refractivity contribution in [3.63, 3.8) is 0 Å². The van der Waals surface area contributed by atoms with E-state index in [2.05, 4.69) is 4.72 Å². The van der Waals surface area contributed by atoms with Crippen molar-refractivity contribution in [3.05, 3.63) is 0 Å². The van der Waals surface area contributed by atoms with Crippen molar-refractivity contribution in [2.45, 2.75) is 32.7 Å². The van der Waals surface area contributed by atoms with Crippen LogP contribution < -0.4 is 4.72 Å². The summed E-state index contributed by atoms with van der Waals surface area (Å²) in [7, 11) is -3.38. The average Bonchev–Trinajstić information content (AvgIpc) is 2.96. The maximum atomic E-state index is 11.8. The van der Waals surface area contributed by atoms with E-state index in [0.717, 1.165) is 12.8 Å². The van der Waals surface area contributed by atoms with Crippen LogP contribution in [0.25, 0.3) is 0 Å². The third-order valence-electron chi connectivity index (χ3n) is 2.28. The summed E-state index contributed by atoms with van der Waals surface area (Å²) in [5.74, 6) is -0.277. The van der Waals surface area contributed by atoms with Crippen LogP contribution in [0.2, 0.25) is 0 Å².